The number of rotatable bonds is 6. The van der Waals surface area contributed by atoms with Crippen LogP contribution in [0.5, 0.6) is 17.2 Å². The van der Waals surface area contributed by atoms with Gasteiger partial charge in [0, 0.05) is 16.5 Å². The van der Waals surface area contributed by atoms with Gasteiger partial charge in [-0.3, -0.25) is 14.5 Å². The predicted octanol–water partition coefficient (Wildman–Crippen LogP) is 5.59. The van der Waals surface area contributed by atoms with Gasteiger partial charge in [-0.2, -0.15) is 0 Å². The van der Waals surface area contributed by atoms with Crippen LogP contribution in [-0.2, 0) is 4.79 Å². The van der Waals surface area contributed by atoms with Gasteiger partial charge in [0.1, 0.15) is 11.5 Å². The molecule has 1 aliphatic rings. The van der Waals surface area contributed by atoms with Crippen LogP contribution in [0.2, 0.25) is 5.02 Å². The molecule has 9 heteroatoms. The number of nitrogens with zero attached hydrogens (tertiary/aromatic N) is 1. The highest BCUT2D eigenvalue weighted by Gasteiger charge is 2.46. The zero-order chi connectivity index (χ0) is 25.6. The minimum atomic E-state index is -1.05. The number of anilines is 1. The number of ether oxygens (including phenoxy) is 2. The molecule has 1 aliphatic heterocycles. The molecule has 0 aliphatic carbocycles. The largest absolute Gasteiger partial charge is 0.506 e. The van der Waals surface area contributed by atoms with Gasteiger partial charge in [-0.15, -0.1) is 0 Å². The number of hydrogen-bond donors (Lipinski definition) is 2. The van der Waals surface area contributed by atoms with Crippen molar-refractivity contribution in [3.8, 4) is 17.2 Å². The first kappa shape index (κ1) is 23.3. The second-order valence-electron chi connectivity index (χ2n) is 8.07. The van der Waals surface area contributed by atoms with Gasteiger partial charge >= 0.3 is 0 Å². The van der Waals surface area contributed by atoms with Crippen LogP contribution in [0.4, 0.5) is 5.69 Å². The van der Waals surface area contributed by atoms with E-state index in [1.54, 1.807) is 48.5 Å². The molecule has 1 atom stereocenters. The molecule has 0 saturated carbocycles. The number of carbonyl (C=O) groups is 2. The average Bonchev–Trinajstić information content (AvgIpc) is 3.42. The number of phenolic OH excluding ortho intramolecular Hbond substituents is 1. The lowest BCUT2D eigenvalue weighted by molar-refractivity contribution is -0.117. The molecule has 1 amide bonds. The van der Waals surface area contributed by atoms with Crippen LogP contribution in [0.1, 0.15) is 22.2 Å². The lowest BCUT2D eigenvalue weighted by Crippen LogP contribution is -2.31. The molecule has 182 valence electrons. The molecule has 36 heavy (non-hydrogen) atoms. The second-order valence-corrected chi connectivity index (χ2v) is 8.50. The van der Waals surface area contributed by atoms with Crippen molar-refractivity contribution >= 4 is 39.9 Å². The zero-order valence-corrected chi connectivity index (χ0v) is 19.9. The Kier molecular flexibility index (Phi) is 5.81. The van der Waals surface area contributed by atoms with Crippen LogP contribution in [0.25, 0.3) is 11.0 Å². The Morgan fingerprint density at radius 2 is 1.72 bits per heavy atom. The third-order valence-corrected chi connectivity index (χ3v) is 6.23. The van der Waals surface area contributed by atoms with Gasteiger partial charge in [-0.1, -0.05) is 35.9 Å². The Morgan fingerprint density at radius 3 is 2.39 bits per heavy atom. The van der Waals surface area contributed by atoms with Crippen molar-refractivity contribution in [1.82, 2.24) is 0 Å². The number of aromatic hydroxyl groups is 1. The van der Waals surface area contributed by atoms with E-state index >= 15 is 0 Å². The van der Waals surface area contributed by atoms with Crippen molar-refractivity contribution in [3.63, 3.8) is 0 Å². The Bertz CT molecular complexity index is 1540. The molecule has 8 nitrogen and oxygen atoms in total. The number of aliphatic hydroxyl groups is 1. The van der Waals surface area contributed by atoms with Crippen LogP contribution in [0.3, 0.4) is 0 Å². The van der Waals surface area contributed by atoms with Crippen molar-refractivity contribution in [1.29, 1.82) is 0 Å². The predicted molar refractivity (Wildman–Crippen MR) is 133 cm³/mol. The number of Topliss-reactive ketones (excluding diaryl/α,β-unsaturated/α-hetero) is 1. The first-order valence-corrected chi connectivity index (χ1v) is 11.2. The quantitative estimate of drug-likeness (QED) is 0.328. The van der Waals surface area contributed by atoms with Crippen molar-refractivity contribution in [3.05, 3.63) is 94.4 Å². The van der Waals surface area contributed by atoms with Crippen molar-refractivity contribution in [2.24, 2.45) is 0 Å². The molecule has 3 aromatic carbocycles. The summed E-state index contributed by atoms with van der Waals surface area (Å²) in [5, 5.41) is 22.3. The molecule has 2 heterocycles. The van der Waals surface area contributed by atoms with E-state index in [-0.39, 0.29) is 22.8 Å². The molecule has 0 radical (unpaired) electrons. The van der Waals surface area contributed by atoms with E-state index in [1.807, 2.05) is 0 Å². The third kappa shape index (κ3) is 3.72. The molecular formula is C27H20ClNO7. The monoisotopic (exact) mass is 505 g/mol. The first-order valence-electron chi connectivity index (χ1n) is 10.8. The number of furan rings is 1. The standard InChI is InChI=1S/C27H20ClNO7/c1-34-17-9-7-14(8-10-17)23-22(25(32)27(33)29(23)18-5-3-4-6-19(18)30)24(31)20-12-15-11-16(28)13-21(35-2)26(15)36-20/h3-13,23,30,32H,1-2H3. The first-order chi connectivity index (χ1) is 17.3. The normalized spacial score (nSPS) is 15.6. The highest BCUT2D eigenvalue weighted by atomic mass is 35.5. The summed E-state index contributed by atoms with van der Waals surface area (Å²) < 4.78 is 16.3. The summed E-state index contributed by atoms with van der Waals surface area (Å²) in [5.74, 6) is -1.67. The number of ketones is 1. The van der Waals surface area contributed by atoms with Gasteiger partial charge in [-0.25, -0.2) is 0 Å². The van der Waals surface area contributed by atoms with Crippen molar-refractivity contribution < 1.29 is 33.7 Å². The molecular weight excluding hydrogens is 486 g/mol. The van der Waals surface area contributed by atoms with E-state index in [2.05, 4.69) is 0 Å². The number of benzene rings is 3. The summed E-state index contributed by atoms with van der Waals surface area (Å²) in [7, 11) is 2.97. The fourth-order valence-corrected chi connectivity index (χ4v) is 4.55. The minimum absolute atomic E-state index is 0.113. The molecule has 0 saturated heterocycles. The van der Waals surface area contributed by atoms with Gasteiger partial charge < -0.3 is 24.1 Å². The Balaban J connectivity index is 1.67. The third-order valence-electron chi connectivity index (χ3n) is 6.02. The average molecular weight is 506 g/mol. The molecule has 0 spiro atoms. The van der Waals surface area contributed by atoms with Crippen molar-refractivity contribution in [2.45, 2.75) is 6.04 Å². The molecule has 2 N–H and O–H groups in total. The number of para-hydroxylation sites is 2. The number of fused-ring (bicyclic) bond motifs is 1. The van der Waals surface area contributed by atoms with Crippen LogP contribution < -0.4 is 14.4 Å². The topological polar surface area (TPSA) is 109 Å². The second kappa shape index (κ2) is 8.98. The smallest absolute Gasteiger partial charge is 0.294 e. The van der Waals surface area contributed by atoms with Gasteiger partial charge in [0.25, 0.3) is 5.91 Å². The van der Waals surface area contributed by atoms with E-state index in [4.69, 9.17) is 25.5 Å². The molecule has 4 aromatic rings. The molecule has 0 bridgehead atoms. The number of halogens is 1. The summed E-state index contributed by atoms with van der Waals surface area (Å²) in [6.07, 6.45) is 0. The van der Waals surface area contributed by atoms with E-state index in [0.717, 1.165) is 0 Å². The number of aliphatic hydroxyl groups excluding tert-OH is 1. The number of amides is 1. The summed E-state index contributed by atoms with van der Waals surface area (Å²) in [6.45, 7) is 0. The number of carbonyl (C=O) groups excluding carboxylic acids is 2. The Morgan fingerprint density at radius 1 is 1.00 bits per heavy atom. The summed E-state index contributed by atoms with van der Waals surface area (Å²) >= 11 is 6.15. The van der Waals surface area contributed by atoms with Gasteiger partial charge in [0.15, 0.2) is 22.9 Å². The van der Waals surface area contributed by atoms with E-state index in [9.17, 15) is 19.8 Å². The van der Waals surface area contributed by atoms with E-state index in [0.29, 0.717) is 33.1 Å². The summed E-state index contributed by atoms with van der Waals surface area (Å²) in [4.78, 5) is 28.2. The zero-order valence-electron chi connectivity index (χ0n) is 19.2. The Hall–Kier alpha value is -4.43. The lowest BCUT2D eigenvalue weighted by Gasteiger charge is -2.27. The molecule has 1 aromatic heterocycles. The van der Waals surface area contributed by atoms with Crippen LogP contribution >= 0.6 is 11.6 Å². The summed E-state index contributed by atoms with van der Waals surface area (Å²) in [6, 6.07) is 16.5. The van der Waals surface area contributed by atoms with Crippen LogP contribution in [-0.4, -0.2) is 36.1 Å². The van der Waals surface area contributed by atoms with Crippen molar-refractivity contribution in [2.75, 3.05) is 19.1 Å². The highest BCUT2D eigenvalue weighted by Crippen LogP contribution is 2.45. The SMILES string of the molecule is COc1ccc(C2C(C(=O)c3cc4cc(Cl)cc(OC)c4o3)=C(O)C(=O)N2c2ccccc2O)cc1. The maximum absolute atomic E-state index is 13.8. The van der Waals surface area contributed by atoms with E-state index in [1.165, 1.54) is 37.3 Å². The lowest BCUT2D eigenvalue weighted by atomic mass is 9.94. The highest BCUT2D eigenvalue weighted by molar-refractivity contribution is 6.31. The fourth-order valence-electron chi connectivity index (χ4n) is 4.34. The molecule has 5 rings (SSSR count). The number of methoxy groups -OCH3 is 2. The van der Waals surface area contributed by atoms with Crippen LogP contribution in [0.15, 0.2) is 82.5 Å². The summed E-state index contributed by atoms with van der Waals surface area (Å²) in [5.41, 5.74) is 0.748. The Labute approximate surface area is 210 Å². The van der Waals surface area contributed by atoms with Gasteiger partial charge in [0.05, 0.1) is 31.5 Å². The fraction of sp³-hybridized carbons (Fsp3) is 0.111. The number of phenols is 1. The van der Waals surface area contributed by atoms with Gasteiger partial charge in [-0.05, 0) is 42.0 Å². The van der Waals surface area contributed by atoms with Crippen LogP contribution in [0, 0.1) is 0 Å². The van der Waals surface area contributed by atoms with Gasteiger partial charge in [0.2, 0.25) is 5.78 Å². The number of hydrogen-bond acceptors (Lipinski definition) is 7. The molecule has 0 fully saturated rings. The molecule has 1 unspecified atom stereocenters. The maximum atomic E-state index is 13.8. The van der Waals surface area contributed by atoms with E-state index < -0.39 is 23.5 Å². The maximum Gasteiger partial charge on any atom is 0.294 e. The minimum Gasteiger partial charge on any atom is -0.506 e.